The number of benzene rings is 1. The zero-order valence-corrected chi connectivity index (χ0v) is 11.0. The van der Waals surface area contributed by atoms with Gasteiger partial charge in [0.25, 0.3) is 0 Å². The molecule has 2 rings (SSSR count). The van der Waals surface area contributed by atoms with Gasteiger partial charge in [-0.05, 0) is 30.5 Å². The molecule has 104 valence electrons. The Kier molecular flexibility index (Phi) is 4.50. The van der Waals surface area contributed by atoms with Crippen molar-refractivity contribution in [3.63, 3.8) is 0 Å². The van der Waals surface area contributed by atoms with Gasteiger partial charge in [0.2, 0.25) is 5.91 Å². The van der Waals surface area contributed by atoms with Gasteiger partial charge in [0.05, 0.1) is 6.61 Å². The lowest BCUT2D eigenvalue weighted by Gasteiger charge is -2.25. The van der Waals surface area contributed by atoms with Crippen molar-refractivity contribution in [1.29, 1.82) is 0 Å². The van der Waals surface area contributed by atoms with E-state index in [9.17, 15) is 9.18 Å². The normalized spacial score (nSPS) is 16.2. The van der Waals surface area contributed by atoms with Crippen LogP contribution in [0.2, 0.25) is 0 Å². The zero-order chi connectivity index (χ0) is 13.8. The molecule has 0 aromatic heterocycles. The van der Waals surface area contributed by atoms with Crippen LogP contribution >= 0.6 is 0 Å². The van der Waals surface area contributed by atoms with E-state index >= 15 is 0 Å². The number of ether oxygens (including phenoxy) is 1. The van der Waals surface area contributed by atoms with Crippen LogP contribution in [0.4, 0.5) is 4.39 Å². The fourth-order valence-corrected chi connectivity index (χ4v) is 2.07. The lowest BCUT2D eigenvalue weighted by Crippen LogP contribution is -2.46. The maximum absolute atomic E-state index is 13.2. The van der Waals surface area contributed by atoms with Crippen LogP contribution in [0.3, 0.4) is 0 Å². The van der Waals surface area contributed by atoms with Gasteiger partial charge in [-0.1, -0.05) is 12.1 Å². The van der Waals surface area contributed by atoms with Crippen molar-refractivity contribution in [1.82, 2.24) is 4.90 Å². The summed E-state index contributed by atoms with van der Waals surface area (Å²) < 4.78 is 18.1. The molecule has 1 aromatic carbocycles. The highest BCUT2D eigenvalue weighted by molar-refractivity contribution is 5.82. The highest BCUT2D eigenvalue weighted by Crippen LogP contribution is 2.29. The molecule has 0 spiro atoms. The third-order valence-corrected chi connectivity index (χ3v) is 3.18. The standard InChI is InChI=1S/C14H19FN2O2/c1-19-9-13(16)14(18)17(12-5-6-12)8-10-3-2-4-11(15)7-10/h2-4,7,12-13H,5-6,8-9,16H2,1H3. The lowest BCUT2D eigenvalue weighted by atomic mass is 10.2. The number of halogens is 1. The zero-order valence-electron chi connectivity index (χ0n) is 11.0. The van der Waals surface area contributed by atoms with Crippen molar-refractivity contribution in [2.75, 3.05) is 13.7 Å². The van der Waals surface area contributed by atoms with E-state index in [4.69, 9.17) is 10.5 Å². The molecule has 2 N–H and O–H groups in total. The summed E-state index contributed by atoms with van der Waals surface area (Å²) >= 11 is 0. The molecule has 19 heavy (non-hydrogen) atoms. The molecule has 1 aliphatic carbocycles. The molecular weight excluding hydrogens is 247 g/mol. The largest absolute Gasteiger partial charge is 0.383 e. The molecule has 5 heteroatoms. The minimum Gasteiger partial charge on any atom is -0.383 e. The number of carbonyl (C=O) groups excluding carboxylic acids is 1. The molecular formula is C14H19FN2O2. The molecule has 1 atom stereocenters. The van der Waals surface area contributed by atoms with E-state index in [-0.39, 0.29) is 24.4 Å². The van der Waals surface area contributed by atoms with Gasteiger partial charge in [-0.2, -0.15) is 0 Å². The second-order valence-corrected chi connectivity index (χ2v) is 4.89. The van der Waals surface area contributed by atoms with E-state index < -0.39 is 6.04 Å². The van der Waals surface area contributed by atoms with Gasteiger partial charge in [0, 0.05) is 19.7 Å². The topological polar surface area (TPSA) is 55.6 Å². The predicted octanol–water partition coefficient (Wildman–Crippen LogP) is 1.29. The van der Waals surface area contributed by atoms with E-state index in [2.05, 4.69) is 0 Å². The highest BCUT2D eigenvalue weighted by Gasteiger charge is 2.34. The van der Waals surface area contributed by atoms with Gasteiger partial charge in [-0.3, -0.25) is 4.79 Å². The van der Waals surface area contributed by atoms with E-state index in [1.54, 1.807) is 11.0 Å². The number of hydrogen-bond acceptors (Lipinski definition) is 3. The van der Waals surface area contributed by atoms with Crippen molar-refractivity contribution in [2.45, 2.75) is 31.5 Å². The maximum atomic E-state index is 13.2. The molecule has 1 aliphatic rings. The molecule has 0 saturated heterocycles. The van der Waals surface area contributed by atoms with Crippen LogP contribution < -0.4 is 5.73 Å². The van der Waals surface area contributed by atoms with Gasteiger partial charge in [-0.25, -0.2) is 4.39 Å². The van der Waals surface area contributed by atoms with E-state index in [1.165, 1.54) is 19.2 Å². The van der Waals surface area contributed by atoms with Crippen molar-refractivity contribution >= 4 is 5.91 Å². The van der Waals surface area contributed by atoms with Gasteiger partial charge in [-0.15, -0.1) is 0 Å². The molecule has 0 bridgehead atoms. The van der Waals surface area contributed by atoms with Gasteiger partial charge in [0.1, 0.15) is 11.9 Å². The fourth-order valence-electron chi connectivity index (χ4n) is 2.07. The average molecular weight is 266 g/mol. The summed E-state index contributed by atoms with van der Waals surface area (Å²) in [6, 6.07) is 5.88. The Balaban J connectivity index is 2.06. The summed E-state index contributed by atoms with van der Waals surface area (Å²) in [4.78, 5) is 14.0. The van der Waals surface area contributed by atoms with E-state index in [0.29, 0.717) is 6.54 Å². The quantitative estimate of drug-likeness (QED) is 0.844. The van der Waals surface area contributed by atoms with E-state index in [0.717, 1.165) is 18.4 Å². The Bertz CT molecular complexity index is 449. The third kappa shape index (κ3) is 3.75. The summed E-state index contributed by atoms with van der Waals surface area (Å²) in [5.41, 5.74) is 6.57. The molecule has 1 saturated carbocycles. The van der Waals surface area contributed by atoms with Crippen LogP contribution in [0.5, 0.6) is 0 Å². The summed E-state index contributed by atoms with van der Waals surface area (Å²) in [6.45, 7) is 0.601. The number of nitrogens with two attached hydrogens (primary N) is 1. The van der Waals surface area contributed by atoms with Gasteiger partial charge >= 0.3 is 0 Å². The smallest absolute Gasteiger partial charge is 0.242 e. The van der Waals surface area contributed by atoms with Crippen LogP contribution in [0.1, 0.15) is 18.4 Å². The Hall–Kier alpha value is -1.46. The SMILES string of the molecule is COCC(N)C(=O)N(Cc1cccc(F)c1)C1CC1. The number of carbonyl (C=O) groups is 1. The maximum Gasteiger partial charge on any atom is 0.242 e. The molecule has 0 radical (unpaired) electrons. The van der Waals surface area contributed by atoms with Crippen molar-refractivity contribution in [3.8, 4) is 0 Å². The molecule has 1 aromatic rings. The van der Waals surface area contributed by atoms with Crippen LogP contribution in [-0.2, 0) is 16.1 Å². The number of nitrogens with zero attached hydrogens (tertiary/aromatic N) is 1. The summed E-state index contributed by atoms with van der Waals surface area (Å²) in [5.74, 6) is -0.421. The Morgan fingerprint density at radius 2 is 2.32 bits per heavy atom. The number of amides is 1. The number of rotatable bonds is 6. The summed E-state index contributed by atoms with van der Waals surface area (Å²) in [5, 5.41) is 0. The van der Waals surface area contributed by atoms with Crippen LogP contribution in [0.15, 0.2) is 24.3 Å². The Morgan fingerprint density at radius 3 is 2.89 bits per heavy atom. The monoisotopic (exact) mass is 266 g/mol. The Morgan fingerprint density at radius 1 is 1.58 bits per heavy atom. The Labute approximate surface area is 112 Å². The summed E-state index contributed by atoms with van der Waals surface area (Å²) in [6.07, 6.45) is 1.97. The van der Waals surface area contributed by atoms with Crippen LogP contribution in [-0.4, -0.2) is 36.6 Å². The molecule has 1 unspecified atom stereocenters. The summed E-state index contributed by atoms with van der Waals surface area (Å²) in [7, 11) is 1.52. The number of hydrogen-bond donors (Lipinski definition) is 1. The second kappa shape index (κ2) is 6.12. The molecule has 1 fully saturated rings. The number of methoxy groups -OCH3 is 1. The molecule has 0 aliphatic heterocycles. The van der Waals surface area contributed by atoms with Crippen molar-refractivity contribution in [2.24, 2.45) is 5.73 Å². The molecule has 0 heterocycles. The predicted molar refractivity (Wildman–Crippen MR) is 69.8 cm³/mol. The minimum absolute atomic E-state index is 0.131. The highest BCUT2D eigenvalue weighted by atomic mass is 19.1. The van der Waals surface area contributed by atoms with E-state index in [1.807, 2.05) is 6.07 Å². The molecule has 4 nitrogen and oxygen atoms in total. The first-order valence-corrected chi connectivity index (χ1v) is 6.41. The van der Waals surface area contributed by atoms with Crippen molar-refractivity contribution < 1.29 is 13.9 Å². The lowest BCUT2D eigenvalue weighted by molar-refractivity contribution is -0.135. The fraction of sp³-hybridized carbons (Fsp3) is 0.500. The van der Waals surface area contributed by atoms with Crippen molar-refractivity contribution in [3.05, 3.63) is 35.6 Å². The molecule has 1 amide bonds. The minimum atomic E-state index is -0.654. The first-order valence-electron chi connectivity index (χ1n) is 6.41. The first kappa shape index (κ1) is 14.0. The van der Waals surface area contributed by atoms with Crippen LogP contribution in [0.25, 0.3) is 0 Å². The third-order valence-electron chi connectivity index (χ3n) is 3.18. The first-order chi connectivity index (χ1) is 9.11. The van der Waals surface area contributed by atoms with Crippen LogP contribution in [0, 0.1) is 5.82 Å². The average Bonchev–Trinajstić information content (AvgIpc) is 3.20. The second-order valence-electron chi connectivity index (χ2n) is 4.89. The van der Waals surface area contributed by atoms with Gasteiger partial charge in [0.15, 0.2) is 0 Å². The van der Waals surface area contributed by atoms with Gasteiger partial charge < -0.3 is 15.4 Å².